The van der Waals surface area contributed by atoms with Crippen LogP contribution in [-0.4, -0.2) is 24.8 Å². The zero-order chi connectivity index (χ0) is 32.3. The Hall–Kier alpha value is -5.60. The lowest BCUT2D eigenvalue weighted by atomic mass is 10.1. The number of ether oxygens (including phenoxy) is 1. The van der Waals surface area contributed by atoms with Gasteiger partial charge in [-0.1, -0.05) is 91.0 Å². The van der Waals surface area contributed by atoms with E-state index in [1.54, 1.807) is 61.7 Å². The van der Waals surface area contributed by atoms with Crippen LogP contribution in [0.5, 0.6) is 5.75 Å². The minimum atomic E-state index is -0.598. The molecule has 3 amide bonds. The summed E-state index contributed by atoms with van der Waals surface area (Å²) in [6, 6.07) is 40.3. The lowest BCUT2D eigenvalue weighted by molar-refractivity contribution is -0.116. The maximum absolute atomic E-state index is 13.7. The number of rotatable bonds is 11. The van der Waals surface area contributed by atoms with E-state index < -0.39 is 17.1 Å². The van der Waals surface area contributed by atoms with Crippen molar-refractivity contribution in [2.75, 3.05) is 17.7 Å². The molecular weight excluding hydrogens is 595 g/mol. The Kier molecular flexibility index (Phi) is 10.7. The number of hydrogen-bond donors (Lipinski definition) is 3. The molecule has 0 aliphatic rings. The van der Waals surface area contributed by atoms with Gasteiger partial charge in [0.25, 0.3) is 11.8 Å². The average Bonchev–Trinajstić information content (AvgIpc) is 3.09. The van der Waals surface area contributed by atoms with E-state index in [4.69, 9.17) is 4.74 Å². The highest BCUT2D eigenvalue weighted by Gasteiger charge is 2.24. The number of aryl methyl sites for hydroxylation is 1. The number of carbonyl (C=O) groups excluding carboxylic acids is 3. The molecule has 230 valence electrons. The number of para-hydroxylation sites is 2. The molecule has 46 heavy (non-hydrogen) atoms. The zero-order valence-corrected chi connectivity index (χ0v) is 26.2. The Morgan fingerprint density at radius 1 is 0.739 bits per heavy atom. The predicted molar refractivity (Wildman–Crippen MR) is 185 cm³/mol. The van der Waals surface area contributed by atoms with Crippen LogP contribution in [0.25, 0.3) is 6.08 Å². The molecule has 0 aromatic heterocycles. The molecule has 0 bridgehead atoms. The Morgan fingerprint density at radius 2 is 1.41 bits per heavy atom. The Labute approximate surface area is 272 Å². The summed E-state index contributed by atoms with van der Waals surface area (Å²) in [6.07, 6.45) is 1.66. The highest BCUT2D eigenvalue weighted by atomic mass is 32.2. The molecule has 0 fully saturated rings. The van der Waals surface area contributed by atoms with E-state index in [1.807, 2.05) is 91.9 Å². The van der Waals surface area contributed by atoms with Crippen LogP contribution in [0.2, 0.25) is 0 Å². The van der Waals surface area contributed by atoms with Gasteiger partial charge in [-0.25, -0.2) is 0 Å². The van der Waals surface area contributed by atoms with Crippen LogP contribution in [0.15, 0.2) is 144 Å². The third-order valence-corrected chi connectivity index (χ3v) is 8.32. The van der Waals surface area contributed by atoms with Crippen molar-refractivity contribution in [1.29, 1.82) is 0 Å². The van der Waals surface area contributed by atoms with E-state index in [9.17, 15) is 14.4 Å². The fourth-order valence-electron chi connectivity index (χ4n) is 4.68. The highest BCUT2D eigenvalue weighted by Crippen LogP contribution is 2.38. The average molecular weight is 628 g/mol. The zero-order valence-electron chi connectivity index (χ0n) is 25.4. The predicted octanol–water partition coefficient (Wildman–Crippen LogP) is 7.89. The maximum Gasteiger partial charge on any atom is 0.272 e. The van der Waals surface area contributed by atoms with Gasteiger partial charge in [-0.05, 0) is 72.2 Å². The lowest BCUT2D eigenvalue weighted by Crippen LogP contribution is -2.30. The van der Waals surface area contributed by atoms with Crippen molar-refractivity contribution in [2.45, 2.75) is 17.1 Å². The third kappa shape index (κ3) is 8.31. The Balaban J connectivity index is 1.39. The molecule has 0 spiro atoms. The standard InChI is InChI=1S/C38H33N3O4S/c1-26-14-9-10-19-29(26)24-33(41-36(42)28-17-7-4-8-18-28)37(43)39-30-20-13-21-31(25-30)46-35(27-15-5-3-6-16-27)38(44)40-32-22-11-12-23-34(32)45-2/h3-25,35H,1-2H3,(H,39,43)(H,40,44)(H,41,42)/b33-24-. The largest absolute Gasteiger partial charge is 0.495 e. The molecule has 1 unspecified atom stereocenters. The summed E-state index contributed by atoms with van der Waals surface area (Å²) in [6.45, 7) is 1.94. The number of thioether (sulfide) groups is 1. The monoisotopic (exact) mass is 627 g/mol. The lowest BCUT2D eigenvalue weighted by Gasteiger charge is -2.19. The van der Waals surface area contributed by atoms with Gasteiger partial charge >= 0.3 is 0 Å². The van der Waals surface area contributed by atoms with Gasteiger partial charge in [-0.2, -0.15) is 0 Å². The van der Waals surface area contributed by atoms with Crippen molar-refractivity contribution >= 4 is 46.9 Å². The second-order valence-electron chi connectivity index (χ2n) is 10.3. The summed E-state index contributed by atoms with van der Waals surface area (Å²) in [4.78, 5) is 41.1. The van der Waals surface area contributed by atoms with Gasteiger partial charge < -0.3 is 20.7 Å². The molecule has 0 radical (unpaired) electrons. The number of hydrogen-bond acceptors (Lipinski definition) is 5. The van der Waals surface area contributed by atoms with Gasteiger partial charge in [0.15, 0.2) is 0 Å². The second-order valence-corrected chi connectivity index (χ2v) is 11.5. The number of anilines is 2. The molecule has 0 saturated carbocycles. The van der Waals surface area contributed by atoms with E-state index in [0.717, 1.165) is 21.6 Å². The van der Waals surface area contributed by atoms with Crippen molar-refractivity contribution in [2.24, 2.45) is 0 Å². The highest BCUT2D eigenvalue weighted by molar-refractivity contribution is 8.00. The minimum absolute atomic E-state index is 0.0968. The second kappa shape index (κ2) is 15.4. The molecule has 0 saturated heterocycles. The fourth-order valence-corrected chi connectivity index (χ4v) is 5.76. The van der Waals surface area contributed by atoms with E-state index in [-0.39, 0.29) is 11.6 Å². The smallest absolute Gasteiger partial charge is 0.272 e. The number of amides is 3. The summed E-state index contributed by atoms with van der Waals surface area (Å²) in [5, 5.41) is 8.11. The van der Waals surface area contributed by atoms with Crippen LogP contribution in [0.4, 0.5) is 11.4 Å². The van der Waals surface area contributed by atoms with Crippen LogP contribution in [0.1, 0.15) is 32.3 Å². The Bertz CT molecular complexity index is 1860. The van der Waals surface area contributed by atoms with Crippen molar-refractivity contribution in [3.05, 3.63) is 161 Å². The molecule has 1 atom stereocenters. The first kappa shape index (κ1) is 31.8. The number of carbonyl (C=O) groups is 3. The van der Waals surface area contributed by atoms with E-state index >= 15 is 0 Å². The number of benzene rings is 5. The van der Waals surface area contributed by atoms with E-state index in [1.165, 1.54) is 11.8 Å². The molecule has 0 aliphatic carbocycles. The molecular formula is C38H33N3O4S. The number of nitrogens with one attached hydrogen (secondary N) is 3. The van der Waals surface area contributed by atoms with Crippen LogP contribution in [0, 0.1) is 6.92 Å². The maximum atomic E-state index is 13.7. The normalized spacial score (nSPS) is 11.7. The van der Waals surface area contributed by atoms with Gasteiger partial charge in [-0.3, -0.25) is 14.4 Å². The van der Waals surface area contributed by atoms with Gasteiger partial charge in [0.05, 0.1) is 12.8 Å². The Morgan fingerprint density at radius 3 is 2.15 bits per heavy atom. The topological polar surface area (TPSA) is 96.5 Å². The first-order valence-corrected chi connectivity index (χ1v) is 15.5. The minimum Gasteiger partial charge on any atom is -0.495 e. The molecule has 8 heteroatoms. The first-order chi connectivity index (χ1) is 22.4. The number of methoxy groups -OCH3 is 1. The molecule has 5 aromatic carbocycles. The van der Waals surface area contributed by atoms with Gasteiger partial charge in [-0.15, -0.1) is 11.8 Å². The molecule has 7 nitrogen and oxygen atoms in total. The quantitative estimate of drug-likeness (QED) is 0.102. The molecule has 0 heterocycles. The summed E-state index contributed by atoms with van der Waals surface area (Å²) in [7, 11) is 1.56. The van der Waals surface area contributed by atoms with Crippen LogP contribution >= 0.6 is 11.8 Å². The van der Waals surface area contributed by atoms with Crippen LogP contribution < -0.4 is 20.7 Å². The molecule has 5 aromatic rings. The summed E-state index contributed by atoms with van der Waals surface area (Å²) in [5.74, 6) is -0.539. The summed E-state index contributed by atoms with van der Waals surface area (Å²) >= 11 is 1.36. The molecule has 5 rings (SSSR count). The van der Waals surface area contributed by atoms with Crippen LogP contribution in [0.3, 0.4) is 0 Å². The van der Waals surface area contributed by atoms with E-state index in [0.29, 0.717) is 22.7 Å². The molecule has 0 aliphatic heterocycles. The van der Waals surface area contributed by atoms with Crippen molar-refractivity contribution < 1.29 is 19.1 Å². The van der Waals surface area contributed by atoms with Crippen molar-refractivity contribution in [1.82, 2.24) is 5.32 Å². The first-order valence-electron chi connectivity index (χ1n) is 14.6. The SMILES string of the molecule is COc1ccccc1NC(=O)C(Sc1cccc(NC(=O)/C(=C/c2ccccc2C)NC(=O)c2ccccc2)c1)c1ccccc1. The molecule has 3 N–H and O–H groups in total. The van der Waals surface area contributed by atoms with E-state index in [2.05, 4.69) is 16.0 Å². The summed E-state index contributed by atoms with van der Waals surface area (Å²) in [5.41, 5.74) is 4.19. The summed E-state index contributed by atoms with van der Waals surface area (Å²) < 4.78 is 5.42. The van der Waals surface area contributed by atoms with Gasteiger partial charge in [0.2, 0.25) is 5.91 Å². The fraction of sp³-hybridized carbons (Fsp3) is 0.0789. The third-order valence-electron chi connectivity index (χ3n) is 7.07. The van der Waals surface area contributed by atoms with Crippen molar-refractivity contribution in [3.8, 4) is 5.75 Å². The van der Waals surface area contributed by atoms with Gasteiger partial charge in [0, 0.05) is 16.1 Å². The van der Waals surface area contributed by atoms with Crippen LogP contribution in [-0.2, 0) is 9.59 Å². The van der Waals surface area contributed by atoms with Gasteiger partial charge in [0.1, 0.15) is 16.7 Å². The van der Waals surface area contributed by atoms with Crippen molar-refractivity contribution in [3.63, 3.8) is 0 Å².